The normalized spacial score (nSPS) is 11.1. The Balaban J connectivity index is 3.86. The van der Waals surface area contributed by atoms with Crippen LogP contribution >= 0.6 is 12.2 Å². The van der Waals surface area contributed by atoms with E-state index in [9.17, 15) is 14.4 Å². The maximum Gasteiger partial charge on any atom is 0.325 e. The molecule has 90 valence electrons. The number of carbonyl (C=O) groups excluding carboxylic acids is 2. The number of amides is 2. The summed E-state index contributed by atoms with van der Waals surface area (Å²) in [7, 11) is 0. The zero-order valence-corrected chi connectivity index (χ0v) is 9.68. The molecule has 0 bridgehead atoms. The molecule has 0 radical (unpaired) electrons. The van der Waals surface area contributed by atoms with Gasteiger partial charge in [-0.3, -0.25) is 14.4 Å². The van der Waals surface area contributed by atoms with Crippen LogP contribution in [0.1, 0.15) is 13.8 Å². The fourth-order valence-electron chi connectivity index (χ4n) is 0.719. The van der Waals surface area contributed by atoms with Gasteiger partial charge in [0.15, 0.2) is 5.11 Å². The van der Waals surface area contributed by atoms with E-state index in [0.717, 1.165) is 0 Å². The largest absolute Gasteiger partial charge is 0.480 e. The second-order valence-electron chi connectivity index (χ2n) is 2.99. The summed E-state index contributed by atoms with van der Waals surface area (Å²) >= 11 is 4.67. The van der Waals surface area contributed by atoms with Crippen molar-refractivity contribution in [1.29, 1.82) is 0 Å². The molecule has 4 N–H and O–H groups in total. The first-order valence-corrected chi connectivity index (χ1v) is 4.81. The standard InChI is InChI=1S/C8H13N3O4S/c1-4(7(14)15)10-6(13)3-9-8(16)11-5(2)12/h4H,3H2,1-2H3,(H,10,13)(H,14,15)(H2,9,11,12,16). The molecule has 1 unspecified atom stereocenters. The zero-order valence-electron chi connectivity index (χ0n) is 8.86. The molecule has 1 atom stereocenters. The van der Waals surface area contributed by atoms with Crippen LogP contribution in [0.15, 0.2) is 0 Å². The molecular weight excluding hydrogens is 234 g/mol. The van der Waals surface area contributed by atoms with Crippen molar-refractivity contribution < 1.29 is 19.5 Å². The van der Waals surface area contributed by atoms with Crippen LogP contribution in [-0.4, -0.2) is 40.6 Å². The highest BCUT2D eigenvalue weighted by molar-refractivity contribution is 7.80. The zero-order chi connectivity index (χ0) is 12.7. The van der Waals surface area contributed by atoms with Crippen molar-refractivity contribution in [3.63, 3.8) is 0 Å². The first kappa shape index (κ1) is 14.3. The average Bonchev–Trinajstić information content (AvgIpc) is 2.13. The molecular formula is C8H13N3O4S. The van der Waals surface area contributed by atoms with Crippen molar-refractivity contribution >= 4 is 35.1 Å². The first-order valence-electron chi connectivity index (χ1n) is 4.40. The van der Waals surface area contributed by atoms with Gasteiger partial charge in [-0.15, -0.1) is 0 Å². The fourth-order valence-corrected chi connectivity index (χ4v) is 0.935. The van der Waals surface area contributed by atoms with Crippen LogP contribution in [0.5, 0.6) is 0 Å². The fraction of sp³-hybridized carbons (Fsp3) is 0.500. The van der Waals surface area contributed by atoms with Gasteiger partial charge in [-0.2, -0.15) is 0 Å². The number of rotatable bonds is 4. The first-order chi connectivity index (χ1) is 7.32. The number of carboxylic acids is 1. The lowest BCUT2D eigenvalue weighted by Crippen LogP contribution is -2.46. The average molecular weight is 247 g/mol. The van der Waals surface area contributed by atoms with Crippen LogP contribution < -0.4 is 16.0 Å². The van der Waals surface area contributed by atoms with E-state index in [1.54, 1.807) is 0 Å². The van der Waals surface area contributed by atoms with E-state index < -0.39 is 17.9 Å². The van der Waals surface area contributed by atoms with Crippen molar-refractivity contribution in [1.82, 2.24) is 16.0 Å². The minimum absolute atomic E-state index is 0.0191. The molecule has 0 fully saturated rings. The van der Waals surface area contributed by atoms with Gasteiger partial charge in [0.1, 0.15) is 6.04 Å². The van der Waals surface area contributed by atoms with Gasteiger partial charge in [-0.05, 0) is 19.1 Å². The predicted molar refractivity (Wildman–Crippen MR) is 59.7 cm³/mol. The van der Waals surface area contributed by atoms with Gasteiger partial charge in [0.05, 0.1) is 6.54 Å². The predicted octanol–water partition coefficient (Wildman–Crippen LogP) is -1.41. The van der Waals surface area contributed by atoms with Crippen LogP contribution in [0.4, 0.5) is 0 Å². The molecule has 8 heteroatoms. The van der Waals surface area contributed by atoms with E-state index >= 15 is 0 Å². The summed E-state index contributed by atoms with van der Waals surface area (Å²) in [6, 6.07) is -0.969. The molecule has 0 heterocycles. The van der Waals surface area contributed by atoms with Gasteiger partial charge in [-0.1, -0.05) is 0 Å². The lowest BCUT2D eigenvalue weighted by molar-refractivity contribution is -0.141. The lowest BCUT2D eigenvalue weighted by atomic mass is 10.3. The Morgan fingerprint density at radius 2 is 1.94 bits per heavy atom. The van der Waals surface area contributed by atoms with Crippen molar-refractivity contribution in [2.45, 2.75) is 19.9 Å². The molecule has 0 aromatic rings. The summed E-state index contributed by atoms with van der Waals surface area (Å²) < 4.78 is 0. The smallest absolute Gasteiger partial charge is 0.325 e. The molecule has 0 saturated heterocycles. The lowest BCUT2D eigenvalue weighted by Gasteiger charge is -2.11. The molecule has 0 spiro atoms. The quantitative estimate of drug-likeness (QED) is 0.454. The maximum atomic E-state index is 11.1. The van der Waals surface area contributed by atoms with E-state index in [1.165, 1.54) is 13.8 Å². The summed E-state index contributed by atoms with van der Waals surface area (Å²) in [5, 5.41) is 15.5. The molecule has 0 aromatic heterocycles. The van der Waals surface area contributed by atoms with E-state index in [2.05, 4.69) is 28.2 Å². The summed E-state index contributed by atoms with van der Waals surface area (Å²) in [6.07, 6.45) is 0. The minimum Gasteiger partial charge on any atom is -0.480 e. The molecule has 7 nitrogen and oxygen atoms in total. The Bertz CT molecular complexity index is 318. The number of carboxylic acid groups (broad SMARTS) is 1. The third-order valence-electron chi connectivity index (χ3n) is 1.45. The summed E-state index contributed by atoms with van der Waals surface area (Å²) in [5.74, 6) is -2.00. The van der Waals surface area contributed by atoms with Gasteiger partial charge in [0, 0.05) is 6.92 Å². The molecule has 0 aromatic carbocycles. The molecule has 0 aliphatic rings. The van der Waals surface area contributed by atoms with Crippen LogP contribution in [0.3, 0.4) is 0 Å². The minimum atomic E-state index is -1.13. The van der Waals surface area contributed by atoms with Gasteiger partial charge in [0.25, 0.3) is 0 Å². The second-order valence-corrected chi connectivity index (χ2v) is 3.40. The topological polar surface area (TPSA) is 108 Å². The number of hydrogen-bond donors (Lipinski definition) is 4. The van der Waals surface area contributed by atoms with E-state index in [1.807, 2.05) is 0 Å². The number of nitrogens with one attached hydrogen (secondary N) is 3. The number of thiocarbonyl (C=S) groups is 1. The van der Waals surface area contributed by atoms with Gasteiger partial charge in [0.2, 0.25) is 11.8 Å². The Hall–Kier alpha value is -1.70. The molecule has 0 rings (SSSR count). The van der Waals surface area contributed by atoms with Gasteiger partial charge < -0.3 is 21.1 Å². The summed E-state index contributed by atoms with van der Waals surface area (Å²) in [6.45, 7) is 2.42. The van der Waals surface area contributed by atoms with Crippen molar-refractivity contribution in [3.05, 3.63) is 0 Å². The highest BCUT2D eigenvalue weighted by atomic mass is 32.1. The number of carbonyl (C=O) groups is 3. The Labute approximate surface area is 97.6 Å². The van der Waals surface area contributed by atoms with E-state index in [4.69, 9.17) is 5.11 Å². The monoisotopic (exact) mass is 247 g/mol. The Morgan fingerprint density at radius 1 is 1.38 bits per heavy atom. The van der Waals surface area contributed by atoms with Crippen LogP contribution in [0, 0.1) is 0 Å². The summed E-state index contributed by atoms with van der Waals surface area (Å²) in [4.78, 5) is 32.1. The highest BCUT2D eigenvalue weighted by Gasteiger charge is 2.13. The SMILES string of the molecule is CC(=O)NC(=S)NCC(=O)NC(C)C(=O)O. The summed E-state index contributed by atoms with van der Waals surface area (Å²) in [5.41, 5.74) is 0. The van der Waals surface area contributed by atoms with E-state index in [-0.39, 0.29) is 17.6 Å². The van der Waals surface area contributed by atoms with Crippen LogP contribution in [-0.2, 0) is 14.4 Å². The maximum absolute atomic E-state index is 11.1. The van der Waals surface area contributed by atoms with E-state index in [0.29, 0.717) is 0 Å². The molecule has 0 saturated carbocycles. The van der Waals surface area contributed by atoms with Gasteiger partial charge >= 0.3 is 5.97 Å². The molecule has 0 aliphatic carbocycles. The number of hydrogen-bond acceptors (Lipinski definition) is 4. The molecule has 2 amide bonds. The Morgan fingerprint density at radius 3 is 2.38 bits per heavy atom. The van der Waals surface area contributed by atoms with Crippen molar-refractivity contribution in [3.8, 4) is 0 Å². The van der Waals surface area contributed by atoms with Crippen molar-refractivity contribution in [2.24, 2.45) is 0 Å². The molecule has 16 heavy (non-hydrogen) atoms. The Kier molecular flexibility index (Phi) is 6.01. The highest BCUT2D eigenvalue weighted by Crippen LogP contribution is 1.80. The third-order valence-corrected chi connectivity index (χ3v) is 1.69. The van der Waals surface area contributed by atoms with Crippen LogP contribution in [0.25, 0.3) is 0 Å². The number of aliphatic carboxylic acids is 1. The van der Waals surface area contributed by atoms with Crippen LogP contribution in [0.2, 0.25) is 0 Å². The van der Waals surface area contributed by atoms with Crippen molar-refractivity contribution in [2.75, 3.05) is 6.54 Å². The van der Waals surface area contributed by atoms with Gasteiger partial charge in [-0.25, -0.2) is 0 Å². The third kappa shape index (κ3) is 6.71. The molecule has 0 aliphatic heterocycles. The second kappa shape index (κ2) is 6.72.